The number of carbonyl (C=O) groups excluding carboxylic acids is 2. The SMILES string of the molecule is CC(C)NC(=O)C(C)N(Cc1ccc(Cl)cc1)C(=O)Cc1ccccc1Cl. The van der Waals surface area contributed by atoms with Crippen LogP contribution in [0.2, 0.25) is 10.0 Å². The lowest BCUT2D eigenvalue weighted by Gasteiger charge is -2.29. The van der Waals surface area contributed by atoms with Crippen molar-refractivity contribution in [3.05, 3.63) is 69.7 Å². The summed E-state index contributed by atoms with van der Waals surface area (Å²) >= 11 is 12.1. The molecule has 144 valence electrons. The first-order valence-electron chi connectivity index (χ1n) is 8.85. The summed E-state index contributed by atoms with van der Waals surface area (Å²) in [5.74, 6) is -0.351. The standard InChI is InChI=1S/C21H24Cl2N2O2/c1-14(2)24-21(27)15(3)25(13-16-8-10-18(22)11-9-16)20(26)12-17-6-4-5-7-19(17)23/h4-11,14-15H,12-13H2,1-3H3,(H,24,27). The zero-order valence-corrected chi connectivity index (χ0v) is 17.2. The molecule has 1 unspecified atom stereocenters. The Morgan fingerprint density at radius 3 is 2.22 bits per heavy atom. The highest BCUT2D eigenvalue weighted by molar-refractivity contribution is 6.31. The highest BCUT2D eigenvalue weighted by atomic mass is 35.5. The summed E-state index contributed by atoms with van der Waals surface area (Å²) in [7, 11) is 0. The minimum Gasteiger partial charge on any atom is -0.352 e. The Hall–Kier alpha value is -2.04. The Labute approximate surface area is 170 Å². The lowest BCUT2D eigenvalue weighted by Crippen LogP contribution is -2.49. The van der Waals surface area contributed by atoms with Crippen molar-refractivity contribution in [2.75, 3.05) is 0 Å². The van der Waals surface area contributed by atoms with Crippen LogP contribution < -0.4 is 5.32 Å². The quantitative estimate of drug-likeness (QED) is 0.736. The first kappa shape index (κ1) is 21.3. The van der Waals surface area contributed by atoms with Gasteiger partial charge < -0.3 is 10.2 Å². The van der Waals surface area contributed by atoms with Crippen LogP contribution in [0, 0.1) is 0 Å². The summed E-state index contributed by atoms with van der Waals surface area (Å²) in [5.41, 5.74) is 1.64. The van der Waals surface area contributed by atoms with E-state index in [0.29, 0.717) is 16.6 Å². The zero-order chi connectivity index (χ0) is 20.0. The van der Waals surface area contributed by atoms with Crippen molar-refractivity contribution in [3.63, 3.8) is 0 Å². The largest absolute Gasteiger partial charge is 0.352 e. The highest BCUT2D eigenvalue weighted by Gasteiger charge is 2.26. The van der Waals surface area contributed by atoms with Crippen LogP contribution in [0.1, 0.15) is 31.9 Å². The number of amides is 2. The van der Waals surface area contributed by atoms with Gasteiger partial charge >= 0.3 is 0 Å². The smallest absolute Gasteiger partial charge is 0.242 e. The maximum absolute atomic E-state index is 13.0. The van der Waals surface area contributed by atoms with Gasteiger partial charge in [-0.2, -0.15) is 0 Å². The first-order valence-corrected chi connectivity index (χ1v) is 9.61. The lowest BCUT2D eigenvalue weighted by atomic mass is 10.1. The summed E-state index contributed by atoms with van der Waals surface area (Å²) in [4.78, 5) is 27.1. The van der Waals surface area contributed by atoms with Crippen LogP contribution in [0.5, 0.6) is 0 Å². The van der Waals surface area contributed by atoms with E-state index in [4.69, 9.17) is 23.2 Å². The van der Waals surface area contributed by atoms with Crippen molar-refractivity contribution in [2.24, 2.45) is 0 Å². The monoisotopic (exact) mass is 406 g/mol. The van der Waals surface area contributed by atoms with E-state index in [9.17, 15) is 9.59 Å². The van der Waals surface area contributed by atoms with Crippen molar-refractivity contribution in [3.8, 4) is 0 Å². The molecule has 6 heteroatoms. The Kier molecular flexibility index (Phi) is 7.69. The average Bonchev–Trinajstić information content (AvgIpc) is 2.62. The number of rotatable bonds is 7. The van der Waals surface area contributed by atoms with E-state index >= 15 is 0 Å². The number of hydrogen-bond acceptors (Lipinski definition) is 2. The van der Waals surface area contributed by atoms with Crippen molar-refractivity contribution >= 4 is 35.0 Å². The van der Waals surface area contributed by atoms with Gasteiger partial charge in [-0.25, -0.2) is 0 Å². The number of nitrogens with one attached hydrogen (secondary N) is 1. The van der Waals surface area contributed by atoms with Gasteiger partial charge in [0, 0.05) is 22.6 Å². The molecule has 0 saturated carbocycles. The van der Waals surface area contributed by atoms with E-state index in [-0.39, 0.29) is 24.3 Å². The maximum atomic E-state index is 13.0. The van der Waals surface area contributed by atoms with Gasteiger partial charge in [0.2, 0.25) is 11.8 Å². The fraction of sp³-hybridized carbons (Fsp3) is 0.333. The molecule has 0 aliphatic rings. The van der Waals surface area contributed by atoms with Crippen LogP contribution in [0.25, 0.3) is 0 Å². The molecule has 0 bridgehead atoms. The van der Waals surface area contributed by atoms with Gasteiger partial charge in [0.15, 0.2) is 0 Å². The molecule has 1 N–H and O–H groups in total. The third-order valence-corrected chi connectivity index (χ3v) is 4.78. The summed E-state index contributed by atoms with van der Waals surface area (Å²) in [6, 6.07) is 13.9. The second kappa shape index (κ2) is 9.77. The van der Waals surface area contributed by atoms with Crippen LogP contribution in [0.4, 0.5) is 0 Å². The van der Waals surface area contributed by atoms with Gasteiger partial charge in [-0.05, 0) is 50.1 Å². The third kappa shape index (κ3) is 6.26. The number of hydrogen-bond donors (Lipinski definition) is 1. The Bertz CT molecular complexity index is 791. The predicted molar refractivity (Wildman–Crippen MR) is 110 cm³/mol. The number of nitrogens with zero attached hydrogens (tertiary/aromatic N) is 1. The molecule has 0 heterocycles. The van der Waals surface area contributed by atoms with E-state index in [2.05, 4.69) is 5.32 Å². The molecule has 0 aliphatic carbocycles. The van der Waals surface area contributed by atoms with Crippen molar-refractivity contribution in [1.82, 2.24) is 10.2 Å². The first-order chi connectivity index (χ1) is 12.8. The van der Waals surface area contributed by atoms with Crippen molar-refractivity contribution in [1.29, 1.82) is 0 Å². The zero-order valence-electron chi connectivity index (χ0n) is 15.7. The second-order valence-corrected chi connectivity index (χ2v) is 7.60. The van der Waals surface area contributed by atoms with Gasteiger partial charge in [-0.1, -0.05) is 53.5 Å². The summed E-state index contributed by atoms with van der Waals surface area (Å²) < 4.78 is 0. The molecule has 0 aromatic heterocycles. The van der Waals surface area contributed by atoms with Gasteiger partial charge in [-0.3, -0.25) is 9.59 Å². The predicted octanol–water partition coefficient (Wildman–Crippen LogP) is 4.48. The van der Waals surface area contributed by atoms with Crippen molar-refractivity contribution in [2.45, 2.75) is 45.8 Å². The molecule has 0 aliphatic heterocycles. The van der Waals surface area contributed by atoms with E-state index in [1.54, 1.807) is 30.0 Å². The topological polar surface area (TPSA) is 49.4 Å². The van der Waals surface area contributed by atoms with E-state index in [1.165, 1.54) is 0 Å². The third-order valence-electron chi connectivity index (χ3n) is 4.16. The van der Waals surface area contributed by atoms with Crippen LogP contribution in [-0.4, -0.2) is 28.8 Å². The van der Waals surface area contributed by atoms with Gasteiger partial charge in [-0.15, -0.1) is 0 Å². The number of carbonyl (C=O) groups is 2. The average molecular weight is 407 g/mol. The van der Waals surface area contributed by atoms with Crippen LogP contribution in [0.15, 0.2) is 48.5 Å². The Morgan fingerprint density at radius 1 is 1.00 bits per heavy atom. The normalized spacial score (nSPS) is 11.9. The molecule has 2 rings (SSSR count). The number of benzene rings is 2. The molecule has 0 fully saturated rings. The van der Waals surface area contributed by atoms with Gasteiger partial charge in [0.25, 0.3) is 0 Å². The number of halogens is 2. The van der Waals surface area contributed by atoms with Crippen LogP contribution in [0.3, 0.4) is 0 Å². The maximum Gasteiger partial charge on any atom is 0.242 e. The molecule has 2 aromatic rings. The second-order valence-electron chi connectivity index (χ2n) is 6.76. The molecule has 2 aromatic carbocycles. The summed E-state index contributed by atoms with van der Waals surface area (Å²) in [5, 5.41) is 4.03. The molecule has 27 heavy (non-hydrogen) atoms. The Morgan fingerprint density at radius 2 is 1.63 bits per heavy atom. The molecule has 1 atom stereocenters. The highest BCUT2D eigenvalue weighted by Crippen LogP contribution is 2.19. The molecular formula is C21H24Cl2N2O2. The molecule has 2 amide bonds. The molecule has 4 nitrogen and oxygen atoms in total. The van der Waals surface area contributed by atoms with E-state index in [0.717, 1.165) is 11.1 Å². The van der Waals surface area contributed by atoms with Gasteiger partial charge in [0.05, 0.1) is 6.42 Å². The van der Waals surface area contributed by atoms with Gasteiger partial charge in [0.1, 0.15) is 6.04 Å². The van der Waals surface area contributed by atoms with Crippen molar-refractivity contribution < 1.29 is 9.59 Å². The molecule has 0 radical (unpaired) electrons. The van der Waals surface area contributed by atoms with Crippen LogP contribution >= 0.6 is 23.2 Å². The molecular weight excluding hydrogens is 383 g/mol. The Balaban J connectivity index is 2.24. The van der Waals surface area contributed by atoms with Crippen LogP contribution in [-0.2, 0) is 22.6 Å². The molecule has 0 saturated heterocycles. The fourth-order valence-corrected chi connectivity index (χ4v) is 3.01. The van der Waals surface area contributed by atoms with E-state index in [1.807, 2.05) is 44.2 Å². The fourth-order valence-electron chi connectivity index (χ4n) is 2.68. The lowest BCUT2D eigenvalue weighted by molar-refractivity contribution is -0.140. The van der Waals surface area contributed by atoms with E-state index < -0.39 is 6.04 Å². The summed E-state index contributed by atoms with van der Waals surface area (Å²) in [6.45, 7) is 5.82. The minimum absolute atomic E-state index is 0.00370. The summed E-state index contributed by atoms with van der Waals surface area (Å²) in [6.07, 6.45) is 0.132. The minimum atomic E-state index is -0.613. The molecule has 0 spiro atoms.